The number of nitrogens with zero attached hydrogens (tertiary/aromatic N) is 3. The van der Waals surface area contributed by atoms with Gasteiger partial charge in [0, 0.05) is 20.2 Å². The van der Waals surface area contributed by atoms with E-state index in [1.807, 2.05) is 102 Å². The molecule has 7 heteroatoms. The monoisotopic (exact) mass is 602 g/mol. The Morgan fingerprint density at radius 1 is 0.750 bits per heavy atom. The maximum absolute atomic E-state index is 12.4. The first-order chi connectivity index (χ1) is 17.5. The highest BCUT2D eigenvalue weighted by atomic mass is 79.9. The summed E-state index contributed by atoms with van der Waals surface area (Å²) in [6, 6.07) is 35.7. The van der Waals surface area contributed by atoms with E-state index >= 15 is 0 Å². The molecule has 0 amide bonds. The average Bonchev–Trinajstić information content (AvgIpc) is 3.34. The van der Waals surface area contributed by atoms with Crippen LogP contribution in [0.15, 0.2) is 118 Å². The average molecular weight is 604 g/mol. The number of aliphatic hydroxyl groups is 1. The van der Waals surface area contributed by atoms with Crippen LogP contribution in [0.4, 0.5) is 5.69 Å². The molecule has 1 atom stereocenters. The molecule has 4 aromatic carbocycles. The first-order valence-electron chi connectivity index (χ1n) is 11.5. The topological polar surface area (TPSA) is 63.0 Å². The zero-order valence-corrected chi connectivity index (χ0v) is 22.5. The first kappa shape index (κ1) is 24.4. The van der Waals surface area contributed by atoms with Gasteiger partial charge in [-0.1, -0.05) is 110 Å². The highest BCUT2D eigenvalue weighted by Gasteiger charge is 2.38. The predicted octanol–water partition coefficient (Wildman–Crippen LogP) is 6.87. The summed E-state index contributed by atoms with van der Waals surface area (Å²) in [5.41, 5.74) is 3.48. The van der Waals surface area contributed by atoms with Gasteiger partial charge in [-0.2, -0.15) is 0 Å². The number of nitrogens with one attached hydrogen (secondary N) is 1. The molecule has 180 valence electrons. The summed E-state index contributed by atoms with van der Waals surface area (Å²) < 4.78 is 3.79. The van der Waals surface area contributed by atoms with Crippen LogP contribution in [0.1, 0.15) is 16.8 Å². The Morgan fingerprint density at radius 3 is 1.97 bits per heavy atom. The molecule has 1 aromatic heterocycles. The van der Waals surface area contributed by atoms with Gasteiger partial charge in [0.15, 0.2) is 5.60 Å². The second kappa shape index (κ2) is 10.8. The van der Waals surface area contributed by atoms with E-state index in [4.69, 9.17) is 0 Å². The van der Waals surface area contributed by atoms with Crippen molar-refractivity contribution in [1.82, 2.24) is 15.0 Å². The van der Waals surface area contributed by atoms with Crippen molar-refractivity contribution in [2.45, 2.75) is 12.1 Å². The van der Waals surface area contributed by atoms with Crippen LogP contribution in [0, 0.1) is 0 Å². The number of aromatic nitrogens is 3. The van der Waals surface area contributed by atoms with Crippen molar-refractivity contribution in [3.63, 3.8) is 0 Å². The minimum absolute atomic E-state index is 0.208. The minimum atomic E-state index is -1.45. The van der Waals surface area contributed by atoms with Crippen LogP contribution in [0.25, 0.3) is 11.3 Å². The van der Waals surface area contributed by atoms with E-state index in [2.05, 4.69) is 59.6 Å². The summed E-state index contributed by atoms with van der Waals surface area (Å²) in [5.74, 6) is 0. The molecule has 36 heavy (non-hydrogen) atoms. The molecular formula is C29H24Br2N4O. The molecule has 1 heterocycles. The number of anilines is 1. The third kappa shape index (κ3) is 5.28. The number of hydrogen-bond donors (Lipinski definition) is 2. The van der Waals surface area contributed by atoms with E-state index in [0.717, 1.165) is 37.0 Å². The number of hydrogen-bond acceptors (Lipinski definition) is 4. The fraction of sp³-hybridized carbons (Fsp3) is 0.103. The molecular weight excluding hydrogens is 580 g/mol. The molecule has 0 aliphatic heterocycles. The van der Waals surface area contributed by atoms with Gasteiger partial charge < -0.3 is 10.4 Å². The summed E-state index contributed by atoms with van der Waals surface area (Å²) in [6.07, 6.45) is 0. The van der Waals surface area contributed by atoms with Gasteiger partial charge in [0.25, 0.3) is 0 Å². The lowest BCUT2D eigenvalue weighted by Crippen LogP contribution is -2.36. The normalized spacial score (nSPS) is 12.8. The van der Waals surface area contributed by atoms with Gasteiger partial charge in [-0.05, 0) is 47.5 Å². The zero-order valence-electron chi connectivity index (χ0n) is 19.4. The Labute approximate surface area is 227 Å². The van der Waals surface area contributed by atoms with E-state index < -0.39 is 5.60 Å². The molecule has 5 aromatic rings. The Bertz CT molecular complexity index is 1420. The standard InChI is InChI=1S/C29H24Br2N4O/c30-24-13-11-23(12-14-24)29(36,20-32-26-17-15-25(31)16-18-26)28-27(22-9-5-2-6-10-22)35(34-33-28)19-21-7-3-1-4-8-21/h1-18,32,36H,19-20H2. The Hall–Kier alpha value is -3.26. The van der Waals surface area contributed by atoms with Crippen LogP contribution in [-0.2, 0) is 12.1 Å². The number of halogens is 2. The fourth-order valence-electron chi connectivity index (χ4n) is 4.19. The Morgan fingerprint density at radius 2 is 1.33 bits per heavy atom. The van der Waals surface area contributed by atoms with Gasteiger partial charge in [0.05, 0.1) is 18.8 Å². The molecule has 0 bridgehead atoms. The minimum Gasteiger partial charge on any atom is -0.381 e. The van der Waals surface area contributed by atoms with Crippen molar-refractivity contribution in [3.05, 3.63) is 135 Å². The van der Waals surface area contributed by atoms with Crippen molar-refractivity contribution in [2.75, 3.05) is 11.9 Å². The molecule has 0 aliphatic carbocycles. The molecule has 0 aliphatic rings. The second-order valence-electron chi connectivity index (χ2n) is 8.52. The van der Waals surface area contributed by atoms with Crippen molar-refractivity contribution in [2.24, 2.45) is 0 Å². The second-order valence-corrected chi connectivity index (χ2v) is 10.4. The smallest absolute Gasteiger partial charge is 0.153 e. The molecule has 1 unspecified atom stereocenters. The zero-order chi connectivity index (χ0) is 25.0. The Balaban J connectivity index is 1.63. The Kier molecular flexibility index (Phi) is 7.32. The lowest BCUT2D eigenvalue weighted by atomic mass is 9.87. The highest BCUT2D eigenvalue weighted by Crippen LogP contribution is 2.36. The molecule has 0 saturated carbocycles. The van der Waals surface area contributed by atoms with Crippen LogP contribution in [0.3, 0.4) is 0 Å². The van der Waals surface area contributed by atoms with Gasteiger partial charge in [-0.25, -0.2) is 4.68 Å². The lowest BCUT2D eigenvalue weighted by molar-refractivity contribution is 0.0907. The SMILES string of the molecule is OC(CNc1ccc(Br)cc1)(c1ccc(Br)cc1)c1nnn(Cc2ccccc2)c1-c1ccccc1. The molecule has 0 saturated heterocycles. The van der Waals surface area contributed by atoms with Crippen molar-refractivity contribution in [1.29, 1.82) is 0 Å². The third-order valence-electron chi connectivity index (χ3n) is 6.06. The molecule has 0 fully saturated rings. The fourth-order valence-corrected chi connectivity index (χ4v) is 4.71. The largest absolute Gasteiger partial charge is 0.381 e. The van der Waals surface area contributed by atoms with E-state index in [1.54, 1.807) is 0 Å². The quantitative estimate of drug-likeness (QED) is 0.203. The molecule has 0 radical (unpaired) electrons. The van der Waals surface area contributed by atoms with Crippen LogP contribution < -0.4 is 5.32 Å². The lowest BCUT2D eigenvalue weighted by Gasteiger charge is -2.29. The van der Waals surface area contributed by atoms with Gasteiger partial charge >= 0.3 is 0 Å². The summed E-state index contributed by atoms with van der Waals surface area (Å²) >= 11 is 6.99. The van der Waals surface area contributed by atoms with Crippen molar-refractivity contribution >= 4 is 37.5 Å². The summed E-state index contributed by atoms with van der Waals surface area (Å²) in [6.45, 7) is 0.745. The maximum atomic E-state index is 12.4. The molecule has 5 nitrogen and oxygen atoms in total. The van der Waals surface area contributed by atoms with Gasteiger partial charge in [0.2, 0.25) is 0 Å². The number of benzene rings is 4. The third-order valence-corrected chi connectivity index (χ3v) is 7.12. The van der Waals surface area contributed by atoms with E-state index in [9.17, 15) is 5.11 Å². The first-order valence-corrected chi connectivity index (χ1v) is 13.1. The van der Waals surface area contributed by atoms with E-state index in [0.29, 0.717) is 12.2 Å². The van der Waals surface area contributed by atoms with Gasteiger partial charge in [-0.15, -0.1) is 5.10 Å². The van der Waals surface area contributed by atoms with Crippen LogP contribution in [0.2, 0.25) is 0 Å². The number of rotatable bonds is 8. The van der Waals surface area contributed by atoms with Crippen molar-refractivity contribution in [3.8, 4) is 11.3 Å². The summed E-state index contributed by atoms with van der Waals surface area (Å²) in [7, 11) is 0. The summed E-state index contributed by atoms with van der Waals surface area (Å²) in [4.78, 5) is 0. The predicted molar refractivity (Wildman–Crippen MR) is 151 cm³/mol. The van der Waals surface area contributed by atoms with Crippen LogP contribution in [0.5, 0.6) is 0 Å². The van der Waals surface area contributed by atoms with E-state index in [-0.39, 0.29) is 6.54 Å². The van der Waals surface area contributed by atoms with E-state index in [1.165, 1.54) is 0 Å². The molecule has 0 spiro atoms. The molecule has 2 N–H and O–H groups in total. The van der Waals surface area contributed by atoms with Crippen LogP contribution >= 0.6 is 31.9 Å². The van der Waals surface area contributed by atoms with Crippen molar-refractivity contribution < 1.29 is 5.11 Å². The van der Waals surface area contributed by atoms with Gasteiger partial charge in [0.1, 0.15) is 5.69 Å². The highest BCUT2D eigenvalue weighted by molar-refractivity contribution is 9.10. The summed E-state index contributed by atoms with van der Waals surface area (Å²) in [5, 5.41) is 24.9. The molecule has 5 rings (SSSR count). The van der Waals surface area contributed by atoms with Crippen LogP contribution in [-0.4, -0.2) is 26.6 Å². The maximum Gasteiger partial charge on any atom is 0.153 e. The van der Waals surface area contributed by atoms with Gasteiger partial charge in [-0.3, -0.25) is 0 Å².